The lowest BCUT2D eigenvalue weighted by molar-refractivity contribution is 0.282. The van der Waals surface area contributed by atoms with Crippen molar-refractivity contribution in [1.29, 1.82) is 0 Å². The third-order valence-corrected chi connectivity index (χ3v) is 3.57. The number of methoxy groups -OCH3 is 1. The molecule has 0 aromatic heterocycles. The highest BCUT2D eigenvalue weighted by Crippen LogP contribution is 2.31. The summed E-state index contributed by atoms with van der Waals surface area (Å²) in [6.45, 7) is 2.49. The molecule has 5 nitrogen and oxygen atoms in total. The number of aliphatic imine (C=N–C) groups is 1. The monoisotopic (exact) mass is 297 g/mol. The maximum atomic E-state index is 5.87. The SMILES string of the molecule is COc1ccccc1CN=C1Nc2ccc(N)cc2OC1C. The number of fused-ring (bicyclic) bond motifs is 1. The molecule has 1 atom stereocenters. The van der Waals surface area contributed by atoms with E-state index in [1.165, 1.54) is 0 Å². The van der Waals surface area contributed by atoms with E-state index in [1.54, 1.807) is 7.11 Å². The van der Waals surface area contributed by atoms with Crippen molar-refractivity contribution in [3.63, 3.8) is 0 Å². The quantitative estimate of drug-likeness (QED) is 0.854. The Morgan fingerprint density at radius 3 is 2.91 bits per heavy atom. The van der Waals surface area contributed by atoms with Gasteiger partial charge in [0.2, 0.25) is 0 Å². The van der Waals surface area contributed by atoms with Gasteiger partial charge in [0, 0.05) is 17.3 Å². The number of nitrogen functional groups attached to an aromatic ring is 1. The van der Waals surface area contributed by atoms with E-state index in [4.69, 9.17) is 15.2 Å². The molecule has 22 heavy (non-hydrogen) atoms. The first-order valence-electron chi connectivity index (χ1n) is 7.17. The zero-order valence-electron chi connectivity index (χ0n) is 12.7. The lowest BCUT2D eigenvalue weighted by atomic mass is 10.2. The summed E-state index contributed by atoms with van der Waals surface area (Å²) in [5.74, 6) is 2.39. The minimum absolute atomic E-state index is 0.149. The summed E-state index contributed by atoms with van der Waals surface area (Å²) in [4.78, 5) is 4.63. The number of hydrogen-bond acceptors (Lipinski definition) is 4. The number of nitrogens with two attached hydrogens (primary N) is 1. The average molecular weight is 297 g/mol. The highest BCUT2D eigenvalue weighted by atomic mass is 16.5. The van der Waals surface area contributed by atoms with Crippen molar-refractivity contribution in [2.75, 3.05) is 18.2 Å². The van der Waals surface area contributed by atoms with Gasteiger partial charge in [0.15, 0.2) is 6.10 Å². The van der Waals surface area contributed by atoms with Crippen LogP contribution in [0.3, 0.4) is 0 Å². The third kappa shape index (κ3) is 2.83. The highest BCUT2D eigenvalue weighted by Gasteiger charge is 2.21. The van der Waals surface area contributed by atoms with Crippen molar-refractivity contribution in [3.05, 3.63) is 48.0 Å². The van der Waals surface area contributed by atoms with Crippen LogP contribution < -0.4 is 20.5 Å². The summed E-state index contributed by atoms with van der Waals surface area (Å²) in [5, 5.41) is 3.31. The summed E-state index contributed by atoms with van der Waals surface area (Å²) in [6, 6.07) is 13.4. The largest absolute Gasteiger partial charge is 0.496 e. The molecule has 5 heteroatoms. The Balaban J connectivity index is 1.81. The van der Waals surface area contributed by atoms with Gasteiger partial charge in [-0.2, -0.15) is 0 Å². The molecule has 0 radical (unpaired) electrons. The molecule has 3 N–H and O–H groups in total. The molecule has 0 aliphatic carbocycles. The smallest absolute Gasteiger partial charge is 0.153 e. The lowest BCUT2D eigenvalue weighted by Crippen LogP contribution is -2.34. The lowest BCUT2D eigenvalue weighted by Gasteiger charge is -2.26. The number of rotatable bonds is 3. The van der Waals surface area contributed by atoms with Gasteiger partial charge >= 0.3 is 0 Å². The first-order chi connectivity index (χ1) is 10.7. The molecular weight excluding hydrogens is 278 g/mol. The van der Waals surface area contributed by atoms with Crippen molar-refractivity contribution >= 4 is 17.2 Å². The van der Waals surface area contributed by atoms with E-state index in [1.807, 2.05) is 49.4 Å². The summed E-state index contributed by atoms with van der Waals surface area (Å²) in [5.41, 5.74) is 8.38. The number of hydrogen-bond donors (Lipinski definition) is 2. The molecule has 0 bridgehead atoms. The van der Waals surface area contributed by atoms with Crippen molar-refractivity contribution < 1.29 is 9.47 Å². The van der Waals surface area contributed by atoms with Crippen LogP contribution in [0.25, 0.3) is 0 Å². The first-order valence-corrected chi connectivity index (χ1v) is 7.17. The zero-order chi connectivity index (χ0) is 15.5. The van der Waals surface area contributed by atoms with Gasteiger partial charge in [0.1, 0.15) is 17.3 Å². The molecule has 1 aliphatic rings. The summed E-state index contributed by atoms with van der Waals surface area (Å²) < 4.78 is 11.2. The number of ether oxygens (including phenoxy) is 2. The van der Waals surface area contributed by atoms with Crippen molar-refractivity contribution in [1.82, 2.24) is 0 Å². The Morgan fingerprint density at radius 2 is 2.09 bits per heavy atom. The Labute approximate surface area is 129 Å². The van der Waals surface area contributed by atoms with Crippen molar-refractivity contribution in [2.45, 2.75) is 19.6 Å². The first kappa shape index (κ1) is 14.3. The Hall–Kier alpha value is -2.69. The van der Waals surface area contributed by atoms with Gasteiger partial charge in [0.05, 0.1) is 19.3 Å². The van der Waals surface area contributed by atoms with Crippen LogP contribution >= 0.6 is 0 Å². The fourth-order valence-electron chi connectivity index (χ4n) is 2.40. The molecular formula is C17H19N3O2. The second kappa shape index (κ2) is 5.97. The van der Waals surface area contributed by atoms with Gasteiger partial charge in [-0.25, -0.2) is 0 Å². The van der Waals surface area contributed by atoms with Gasteiger partial charge < -0.3 is 20.5 Å². The van der Waals surface area contributed by atoms with Gasteiger partial charge in [-0.05, 0) is 25.1 Å². The zero-order valence-corrected chi connectivity index (χ0v) is 12.7. The van der Waals surface area contributed by atoms with E-state index in [2.05, 4.69) is 10.3 Å². The molecule has 0 spiro atoms. The fraction of sp³-hybridized carbons (Fsp3) is 0.235. The van der Waals surface area contributed by atoms with Crippen LogP contribution in [0.1, 0.15) is 12.5 Å². The predicted octanol–water partition coefficient (Wildman–Crippen LogP) is 3.07. The van der Waals surface area contributed by atoms with Gasteiger partial charge in [0.25, 0.3) is 0 Å². The minimum Gasteiger partial charge on any atom is -0.496 e. The van der Waals surface area contributed by atoms with Crippen LogP contribution in [0.4, 0.5) is 11.4 Å². The van der Waals surface area contributed by atoms with Crippen LogP contribution in [0.2, 0.25) is 0 Å². The van der Waals surface area contributed by atoms with Crippen LogP contribution in [0, 0.1) is 0 Å². The minimum atomic E-state index is -0.149. The third-order valence-electron chi connectivity index (χ3n) is 3.57. The molecule has 1 heterocycles. The highest BCUT2D eigenvalue weighted by molar-refractivity contribution is 6.01. The molecule has 2 aromatic rings. The number of para-hydroxylation sites is 1. The molecule has 0 amide bonds. The number of nitrogens with one attached hydrogen (secondary N) is 1. The average Bonchev–Trinajstić information content (AvgIpc) is 2.53. The van der Waals surface area contributed by atoms with Gasteiger partial charge in [-0.3, -0.25) is 4.99 Å². The van der Waals surface area contributed by atoms with Gasteiger partial charge in [-0.1, -0.05) is 18.2 Å². The Bertz CT molecular complexity index is 713. The van der Waals surface area contributed by atoms with Crippen LogP contribution in [-0.2, 0) is 6.54 Å². The maximum absolute atomic E-state index is 5.87. The van der Waals surface area contributed by atoms with Crippen LogP contribution in [0.5, 0.6) is 11.5 Å². The normalized spacial score (nSPS) is 18.3. The number of amidine groups is 1. The predicted molar refractivity (Wildman–Crippen MR) is 88.7 cm³/mol. The van der Waals surface area contributed by atoms with E-state index in [0.717, 1.165) is 28.6 Å². The summed E-state index contributed by atoms with van der Waals surface area (Å²) in [6.07, 6.45) is -0.149. The summed E-state index contributed by atoms with van der Waals surface area (Å²) in [7, 11) is 1.66. The molecule has 0 saturated carbocycles. The van der Waals surface area contributed by atoms with Crippen LogP contribution in [0.15, 0.2) is 47.5 Å². The second-order valence-corrected chi connectivity index (χ2v) is 5.15. The Kier molecular flexibility index (Phi) is 3.87. The topological polar surface area (TPSA) is 68.9 Å². The molecule has 0 saturated heterocycles. The molecule has 3 rings (SSSR count). The molecule has 1 aliphatic heterocycles. The van der Waals surface area contributed by atoms with E-state index < -0.39 is 0 Å². The second-order valence-electron chi connectivity index (χ2n) is 5.15. The number of nitrogens with zero attached hydrogens (tertiary/aromatic N) is 1. The Morgan fingerprint density at radius 1 is 1.27 bits per heavy atom. The molecule has 2 aromatic carbocycles. The molecule has 0 fully saturated rings. The number of benzene rings is 2. The fourth-order valence-corrected chi connectivity index (χ4v) is 2.40. The standard InChI is InChI=1S/C17H19N3O2/c1-11-17(19-10-12-5-3-4-6-15(12)21-2)20-14-8-7-13(18)9-16(14)22-11/h3-9,11H,10,18H2,1-2H3,(H,19,20). The summed E-state index contributed by atoms with van der Waals surface area (Å²) >= 11 is 0. The van der Waals surface area contributed by atoms with E-state index in [9.17, 15) is 0 Å². The van der Waals surface area contributed by atoms with Crippen LogP contribution in [-0.4, -0.2) is 19.0 Å². The van der Waals surface area contributed by atoms with Crippen molar-refractivity contribution in [3.8, 4) is 11.5 Å². The maximum Gasteiger partial charge on any atom is 0.153 e. The number of anilines is 2. The molecule has 1 unspecified atom stereocenters. The van der Waals surface area contributed by atoms with Gasteiger partial charge in [-0.15, -0.1) is 0 Å². The van der Waals surface area contributed by atoms with E-state index in [0.29, 0.717) is 12.2 Å². The van der Waals surface area contributed by atoms with Crippen molar-refractivity contribution in [2.24, 2.45) is 4.99 Å². The molecule has 114 valence electrons. The van der Waals surface area contributed by atoms with E-state index >= 15 is 0 Å². The van der Waals surface area contributed by atoms with E-state index in [-0.39, 0.29) is 6.10 Å².